The first-order valence-electron chi connectivity index (χ1n) is 7.83. The summed E-state index contributed by atoms with van der Waals surface area (Å²) in [6.07, 6.45) is 0. The Kier molecular flexibility index (Phi) is 5.00. The second-order valence-corrected chi connectivity index (χ2v) is 5.58. The van der Waals surface area contributed by atoms with E-state index in [1.165, 1.54) is 18.2 Å². The van der Waals surface area contributed by atoms with Crippen molar-refractivity contribution in [2.45, 2.75) is 13.5 Å². The first kappa shape index (κ1) is 16.3. The Balaban J connectivity index is 1.68. The molecule has 2 heterocycles. The standard InChI is InChI=1S/C17H19FN4O2/c1-12-9-16(22-5-7-24-8-6-22)21-15(20-12)11-19-17(23)13-3-2-4-14(18)10-13/h2-4,9-10H,5-8,11H2,1H3,(H,19,23). The summed E-state index contributed by atoms with van der Waals surface area (Å²) in [4.78, 5) is 23.1. The number of anilines is 1. The fourth-order valence-electron chi connectivity index (χ4n) is 2.54. The Morgan fingerprint density at radius 2 is 2.08 bits per heavy atom. The van der Waals surface area contributed by atoms with Crippen molar-refractivity contribution in [2.75, 3.05) is 31.2 Å². The zero-order valence-corrected chi connectivity index (χ0v) is 13.5. The fourth-order valence-corrected chi connectivity index (χ4v) is 2.54. The zero-order chi connectivity index (χ0) is 16.9. The number of nitrogens with zero attached hydrogens (tertiary/aromatic N) is 3. The number of hydrogen-bond donors (Lipinski definition) is 1. The van der Waals surface area contributed by atoms with Crippen molar-refractivity contribution >= 4 is 11.7 Å². The van der Waals surface area contributed by atoms with Gasteiger partial charge < -0.3 is 15.0 Å². The highest BCUT2D eigenvalue weighted by Gasteiger charge is 2.14. The van der Waals surface area contributed by atoms with Crippen LogP contribution < -0.4 is 10.2 Å². The fraction of sp³-hybridized carbons (Fsp3) is 0.353. The zero-order valence-electron chi connectivity index (χ0n) is 13.5. The number of nitrogens with one attached hydrogen (secondary N) is 1. The normalized spacial score (nSPS) is 14.5. The van der Waals surface area contributed by atoms with Crippen LogP contribution in [-0.2, 0) is 11.3 Å². The van der Waals surface area contributed by atoms with E-state index in [4.69, 9.17) is 4.74 Å². The average molecular weight is 330 g/mol. The van der Waals surface area contributed by atoms with Crippen molar-refractivity contribution in [3.63, 3.8) is 0 Å². The molecule has 0 saturated carbocycles. The van der Waals surface area contributed by atoms with E-state index in [1.54, 1.807) is 6.07 Å². The van der Waals surface area contributed by atoms with Crippen molar-refractivity contribution in [3.05, 3.63) is 53.2 Å². The minimum atomic E-state index is -0.441. The number of morpholine rings is 1. The second-order valence-electron chi connectivity index (χ2n) is 5.58. The van der Waals surface area contributed by atoms with E-state index in [1.807, 2.05) is 13.0 Å². The third-order valence-corrected chi connectivity index (χ3v) is 3.72. The summed E-state index contributed by atoms with van der Waals surface area (Å²) in [5.74, 6) is 0.568. The van der Waals surface area contributed by atoms with Gasteiger partial charge in [-0.3, -0.25) is 4.79 Å². The number of ether oxygens (including phenoxy) is 1. The van der Waals surface area contributed by atoms with E-state index in [2.05, 4.69) is 20.2 Å². The molecule has 3 rings (SSSR count). The van der Waals surface area contributed by atoms with Crippen LogP contribution in [0.2, 0.25) is 0 Å². The molecule has 1 fully saturated rings. The molecule has 1 amide bonds. The maximum atomic E-state index is 13.2. The number of hydrogen-bond acceptors (Lipinski definition) is 5. The molecule has 0 atom stereocenters. The molecule has 126 valence electrons. The molecule has 0 unspecified atom stereocenters. The third-order valence-electron chi connectivity index (χ3n) is 3.72. The van der Waals surface area contributed by atoms with Crippen LogP contribution in [0.1, 0.15) is 21.9 Å². The van der Waals surface area contributed by atoms with E-state index in [0.29, 0.717) is 19.0 Å². The van der Waals surface area contributed by atoms with E-state index in [-0.39, 0.29) is 18.0 Å². The van der Waals surface area contributed by atoms with Crippen molar-refractivity contribution in [1.82, 2.24) is 15.3 Å². The molecule has 1 aliphatic rings. The maximum absolute atomic E-state index is 13.2. The number of aromatic nitrogens is 2. The summed E-state index contributed by atoms with van der Waals surface area (Å²) >= 11 is 0. The molecule has 6 nitrogen and oxygen atoms in total. The van der Waals surface area contributed by atoms with Crippen molar-refractivity contribution < 1.29 is 13.9 Å². The van der Waals surface area contributed by atoms with Crippen molar-refractivity contribution in [3.8, 4) is 0 Å². The highest BCUT2D eigenvalue weighted by molar-refractivity contribution is 5.94. The average Bonchev–Trinajstić information content (AvgIpc) is 2.60. The molecule has 24 heavy (non-hydrogen) atoms. The first-order valence-corrected chi connectivity index (χ1v) is 7.83. The monoisotopic (exact) mass is 330 g/mol. The van der Waals surface area contributed by atoms with E-state index in [0.717, 1.165) is 24.6 Å². The van der Waals surface area contributed by atoms with Gasteiger partial charge in [0.25, 0.3) is 5.91 Å². The van der Waals surface area contributed by atoms with Crippen LogP contribution in [0.3, 0.4) is 0 Å². The Hall–Kier alpha value is -2.54. The minimum absolute atomic E-state index is 0.189. The molecule has 1 N–H and O–H groups in total. The van der Waals surface area contributed by atoms with Gasteiger partial charge in [-0.05, 0) is 25.1 Å². The molecule has 0 radical (unpaired) electrons. The topological polar surface area (TPSA) is 67.3 Å². The SMILES string of the molecule is Cc1cc(N2CCOCC2)nc(CNC(=O)c2cccc(F)c2)n1. The van der Waals surface area contributed by atoms with Crippen LogP contribution in [-0.4, -0.2) is 42.2 Å². The largest absolute Gasteiger partial charge is 0.378 e. The lowest BCUT2D eigenvalue weighted by atomic mass is 10.2. The summed E-state index contributed by atoms with van der Waals surface area (Å²) < 4.78 is 18.5. The van der Waals surface area contributed by atoms with Crippen molar-refractivity contribution in [1.29, 1.82) is 0 Å². The lowest BCUT2D eigenvalue weighted by Gasteiger charge is -2.28. The highest BCUT2D eigenvalue weighted by Crippen LogP contribution is 2.14. The lowest BCUT2D eigenvalue weighted by Crippen LogP contribution is -2.37. The van der Waals surface area contributed by atoms with E-state index in [9.17, 15) is 9.18 Å². The van der Waals surface area contributed by atoms with Gasteiger partial charge in [0.15, 0.2) is 0 Å². The summed E-state index contributed by atoms with van der Waals surface area (Å²) in [6.45, 7) is 5.00. The van der Waals surface area contributed by atoms with Crippen LogP contribution in [0.4, 0.5) is 10.2 Å². The molecular formula is C17H19FN4O2. The number of amides is 1. The lowest BCUT2D eigenvalue weighted by molar-refractivity contribution is 0.0949. The number of benzene rings is 1. The molecule has 1 aliphatic heterocycles. The predicted octanol–water partition coefficient (Wildman–Crippen LogP) is 1.69. The van der Waals surface area contributed by atoms with Crippen LogP contribution in [0.25, 0.3) is 0 Å². The summed E-state index contributed by atoms with van der Waals surface area (Å²) in [6, 6.07) is 7.49. The molecule has 1 aromatic carbocycles. The molecule has 0 spiro atoms. The maximum Gasteiger partial charge on any atom is 0.251 e. The number of aryl methyl sites for hydroxylation is 1. The smallest absolute Gasteiger partial charge is 0.251 e. The summed E-state index contributed by atoms with van der Waals surface area (Å²) in [5.41, 5.74) is 1.11. The summed E-state index contributed by atoms with van der Waals surface area (Å²) in [7, 11) is 0. The predicted molar refractivity (Wildman–Crippen MR) is 87.4 cm³/mol. The van der Waals surface area contributed by atoms with Gasteiger partial charge in [-0.1, -0.05) is 6.07 Å². The van der Waals surface area contributed by atoms with Crippen molar-refractivity contribution in [2.24, 2.45) is 0 Å². The Labute approximate surface area is 139 Å². The number of rotatable bonds is 4. The quantitative estimate of drug-likeness (QED) is 0.924. The Morgan fingerprint density at radius 3 is 2.83 bits per heavy atom. The van der Waals surface area contributed by atoms with Gasteiger partial charge in [0.1, 0.15) is 17.5 Å². The van der Waals surface area contributed by atoms with E-state index < -0.39 is 5.82 Å². The number of carbonyl (C=O) groups excluding carboxylic acids is 1. The van der Waals surface area contributed by atoms with Gasteiger partial charge >= 0.3 is 0 Å². The minimum Gasteiger partial charge on any atom is -0.378 e. The molecule has 0 aliphatic carbocycles. The third kappa shape index (κ3) is 4.05. The second kappa shape index (κ2) is 7.35. The molecule has 1 saturated heterocycles. The molecular weight excluding hydrogens is 311 g/mol. The van der Waals surface area contributed by atoms with Crippen LogP contribution in [0, 0.1) is 12.7 Å². The highest BCUT2D eigenvalue weighted by atomic mass is 19.1. The van der Waals surface area contributed by atoms with Gasteiger partial charge in [-0.2, -0.15) is 0 Å². The molecule has 7 heteroatoms. The Morgan fingerprint density at radius 1 is 1.29 bits per heavy atom. The molecule has 2 aromatic rings. The van der Waals surface area contributed by atoms with Crippen LogP contribution in [0.5, 0.6) is 0 Å². The van der Waals surface area contributed by atoms with Gasteiger partial charge in [0, 0.05) is 30.4 Å². The summed E-state index contributed by atoms with van der Waals surface area (Å²) in [5, 5.41) is 2.73. The Bertz CT molecular complexity index is 732. The molecule has 0 bridgehead atoms. The van der Waals surface area contributed by atoms with Crippen LogP contribution in [0.15, 0.2) is 30.3 Å². The van der Waals surface area contributed by atoms with Gasteiger partial charge in [-0.25, -0.2) is 14.4 Å². The number of halogens is 1. The van der Waals surface area contributed by atoms with Crippen LogP contribution >= 0.6 is 0 Å². The first-order chi connectivity index (χ1) is 11.6. The number of carbonyl (C=O) groups is 1. The van der Waals surface area contributed by atoms with E-state index >= 15 is 0 Å². The van der Waals surface area contributed by atoms with Gasteiger partial charge in [-0.15, -0.1) is 0 Å². The van der Waals surface area contributed by atoms with Gasteiger partial charge in [0.2, 0.25) is 0 Å². The van der Waals surface area contributed by atoms with Gasteiger partial charge in [0.05, 0.1) is 19.8 Å². The molecule has 1 aromatic heterocycles.